The van der Waals surface area contributed by atoms with E-state index in [2.05, 4.69) is 16.3 Å². The number of hydrogen-bond donors (Lipinski definition) is 1. The molecule has 0 aliphatic rings. The van der Waals surface area contributed by atoms with Crippen LogP contribution in [0.3, 0.4) is 0 Å². The molecule has 13 heavy (non-hydrogen) atoms. The fourth-order valence-corrected chi connectivity index (χ4v) is 1.83. The first-order chi connectivity index (χ1) is 6.18. The van der Waals surface area contributed by atoms with Gasteiger partial charge in [-0.2, -0.15) is 0 Å². The van der Waals surface area contributed by atoms with Gasteiger partial charge in [0, 0.05) is 24.4 Å². The standard InChI is InChI=1S/C9H14N2OS/c1-11(5-4-9(10)12)7-8-3-2-6-13-8/h2-3,6H,4-5,7H2,1H3,(H2,10,12). The average molecular weight is 198 g/mol. The number of carbonyl (C=O) groups is 1. The SMILES string of the molecule is CN(CCC(N)=O)Cc1cccs1. The zero-order valence-corrected chi connectivity index (χ0v) is 8.51. The number of nitrogens with two attached hydrogens (primary N) is 1. The number of primary amides is 1. The van der Waals surface area contributed by atoms with Crippen LogP contribution in [0.25, 0.3) is 0 Å². The van der Waals surface area contributed by atoms with Gasteiger partial charge < -0.3 is 10.6 Å². The first-order valence-corrected chi connectivity index (χ1v) is 5.05. The van der Waals surface area contributed by atoms with Crippen LogP contribution in [-0.4, -0.2) is 24.4 Å². The third-order valence-corrected chi connectivity index (χ3v) is 2.61. The average Bonchev–Trinajstić information content (AvgIpc) is 2.53. The Hall–Kier alpha value is -0.870. The van der Waals surface area contributed by atoms with Crippen molar-refractivity contribution in [1.29, 1.82) is 0 Å². The van der Waals surface area contributed by atoms with Crippen LogP contribution in [0.15, 0.2) is 17.5 Å². The minimum absolute atomic E-state index is 0.238. The van der Waals surface area contributed by atoms with Gasteiger partial charge in [-0.05, 0) is 18.5 Å². The number of hydrogen-bond acceptors (Lipinski definition) is 3. The minimum atomic E-state index is -0.238. The van der Waals surface area contributed by atoms with E-state index in [1.165, 1.54) is 4.88 Å². The summed E-state index contributed by atoms with van der Waals surface area (Å²) in [4.78, 5) is 13.9. The fraction of sp³-hybridized carbons (Fsp3) is 0.444. The summed E-state index contributed by atoms with van der Waals surface area (Å²) >= 11 is 1.73. The van der Waals surface area contributed by atoms with Gasteiger partial charge in [0.15, 0.2) is 0 Å². The second kappa shape index (κ2) is 4.99. The van der Waals surface area contributed by atoms with Gasteiger partial charge in [-0.3, -0.25) is 4.79 Å². The van der Waals surface area contributed by atoms with E-state index in [4.69, 9.17) is 5.73 Å². The molecule has 0 bridgehead atoms. The highest BCUT2D eigenvalue weighted by Crippen LogP contribution is 2.10. The maximum Gasteiger partial charge on any atom is 0.218 e. The van der Waals surface area contributed by atoms with Crippen LogP contribution in [0.1, 0.15) is 11.3 Å². The van der Waals surface area contributed by atoms with Crippen LogP contribution in [0, 0.1) is 0 Å². The maximum absolute atomic E-state index is 10.5. The number of rotatable bonds is 5. The van der Waals surface area contributed by atoms with E-state index in [1.807, 2.05) is 13.1 Å². The minimum Gasteiger partial charge on any atom is -0.370 e. The summed E-state index contributed by atoms with van der Waals surface area (Å²) in [5.41, 5.74) is 5.05. The molecule has 0 aliphatic carbocycles. The number of carbonyl (C=O) groups excluding carboxylic acids is 1. The molecule has 1 rings (SSSR count). The molecule has 0 fully saturated rings. The van der Waals surface area contributed by atoms with Crippen molar-refractivity contribution in [3.8, 4) is 0 Å². The summed E-state index contributed by atoms with van der Waals surface area (Å²) in [6, 6.07) is 4.12. The predicted octanol–water partition coefficient (Wildman–Crippen LogP) is 1.06. The van der Waals surface area contributed by atoms with Crippen molar-refractivity contribution >= 4 is 17.2 Å². The molecule has 0 aromatic carbocycles. The first kappa shape index (κ1) is 10.2. The molecule has 1 amide bonds. The lowest BCUT2D eigenvalue weighted by molar-refractivity contribution is -0.118. The molecule has 2 N–H and O–H groups in total. The van der Waals surface area contributed by atoms with E-state index in [-0.39, 0.29) is 5.91 Å². The highest BCUT2D eigenvalue weighted by atomic mass is 32.1. The molecule has 1 heterocycles. The van der Waals surface area contributed by atoms with Crippen molar-refractivity contribution in [1.82, 2.24) is 4.90 Å². The molecule has 0 spiro atoms. The Morgan fingerprint density at radius 3 is 3.00 bits per heavy atom. The predicted molar refractivity (Wildman–Crippen MR) is 54.5 cm³/mol. The second-order valence-corrected chi connectivity index (χ2v) is 4.07. The molecule has 0 saturated heterocycles. The molecule has 1 aromatic heterocycles. The third-order valence-electron chi connectivity index (χ3n) is 1.75. The first-order valence-electron chi connectivity index (χ1n) is 4.17. The molecule has 0 aliphatic heterocycles. The van der Waals surface area contributed by atoms with Crippen molar-refractivity contribution in [2.45, 2.75) is 13.0 Å². The van der Waals surface area contributed by atoms with Gasteiger partial charge in [-0.1, -0.05) is 6.07 Å². The molecule has 0 radical (unpaired) electrons. The van der Waals surface area contributed by atoms with Crippen molar-refractivity contribution in [3.05, 3.63) is 22.4 Å². The molecule has 3 nitrogen and oxygen atoms in total. The van der Waals surface area contributed by atoms with Gasteiger partial charge in [-0.25, -0.2) is 0 Å². The smallest absolute Gasteiger partial charge is 0.218 e. The van der Waals surface area contributed by atoms with E-state index in [0.29, 0.717) is 6.42 Å². The summed E-state index contributed by atoms with van der Waals surface area (Å²) in [6.45, 7) is 1.62. The Bertz CT molecular complexity index is 259. The number of amides is 1. The number of thiophene rings is 1. The van der Waals surface area contributed by atoms with Crippen LogP contribution in [0.2, 0.25) is 0 Å². The topological polar surface area (TPSA) is 46.3 Å². The normalized spacial score (nSPS) is 10.6. The molecule has 72 valence electrons. The molecular weight excluding hydrogens is 184 g/mol. The lowest BCUT2D eigenvalue weighted by Crippen LogP contribution is -2.23. The summed E-state index contributed by atoms with van der Waals surface area (Å²) < 4.78 is 0. The lowest BCUT2D eigenvalue weighted by atomic mass is 10.3. The van der Waals surface area contributed by atoms with Crippen LogP contribution in [0.4, 0.5) is 0 Å². The lowest BCUT2D eigenvalue weighted by Gasteiger charge is -2.13. The van der Waals surface area contributed by atoms with Gasteiger partial charge in [-0.15, -0.1) is 11.3 Å². The Labute approximate surface area is 82.2 Å². The van der Waals surface area contributed by atoms with Crippen molar-refractivity contribution in [2.75, 3.05) is 13.6 Å². The van der Waals surface area contributed by atoms with Crippen molar-refractivity contribution < 1.29 is 4.79 Å². The number of nitrogens with zero attached hydrogens (tertiary/aromatic N) is 1. The highest BCUT2D eigenvalue weighted by molar-refractivity contribution is 7.09. The largest absolute Gasteiger partial charge is 0.370 e. The Morgan fingerprint density at radius 2 is 2.46 bits per heavy atom. The molecule has 0 saturated carbocycles. The van der Waals surface area contributed by atoms with Gasteiger partial charge in [0.2, 0.25) is 5.91 Å². The molecule has 4 heteroatoms. The van der Waals surface area contributed by atoms with Gasteiger partial charge in [0.05, 0.1) is 0 Å². The van der Waals surface area contributed by atoms with E-state index < -0.39 is 0 Å². The van der Waals surface area contributed by atoms with E-state index >= 15 is 0 Å². The van der Waals surface area contributed by atoms with Gasteiger partial charge >= 0.3 is 0 Å². The summed E-state index contributed by atoms with van der Waals surface area (Å²) in [6.07, 6.45) is 0.432. The van der Waals surface area contributed by atoms with Crippen LogP contribution < -0.4 is 5.73 Å². The Morgan fingerprint density at radius 1 is 1.69 bits per heavy atom. The van der Waals surface area contributed by atoms with Crippen molar-refractivity contribution in [2.24, 2.45) is 5.73 Å². The van der Waals surface area contributed by atoms with Crippen LogP contribution in [0.5, 0.6) is 0 Å². The maximum atomic E-state index is 10.5. The van der Waals surface area contributed by atoms with E-state index in [0.717, 1.165) is 13.1 Å². The molecular formula is C9H14N2OS. The van der Waals surface area contributed by atoms with Crippen LogP contribution in [-0.2, 0) is 11.3 Å². The fourth-order valence-electron chi connectivity index (χ4n) is 1.05. The van der Waals surface area contributed by atoms with Gasteiger partial charge in [0.1, 0.15) is 0 Å². The Kier molecular flexibility index (Phi) is 3.92. The highest BCUT2D eigenvalue weighted by Gasteiger charge is 2.02. The summed E-state index contributed by atoms with van der Waals surface area (Å²) in [5, 5.41) is 2.05. The monoisotopic (exact) mass is 198 g/mol. The van der Waals surface area contributed by atoms with Crippen molar-refractivity contribution in [3.63, 3.8) is 0 Å². The van der Waals surface area contributed by atoms with Crippen LogP contribution >= 0.6 is 11.3 Å². The molecule has 0 unspecified atom stereocenters. The zero-order chi connectivity index (χ0) is 9.68. The quantitative estimate of drug-likeness (QED) is 0.769. The Balaban J connectivity index is 2.25. The summed E-state index contributed by atoms with van der Waals surface area (Å²) in [5.74, 6) is -0.238. The summed E-state index contributed by atoms with van der Waals surface area (Å²) in [7, 11) is 1.99. The molecule has 1 aromatic rings. The van der Waals surface area contributed by atoms with Gasteiger partial charge in [0.25, 0.3) is 0 Å². The van der Waals surface area contributed by atoms with E-state index in [1.54, 1.807) is 11.3 Å². The zero-order valence-electron chi connectivity index (χ0n) is 7.69. The molecule has 0 atom stereocenters. The second-order valence-electron chi connectivity index (χ2n) is 3.03. The third kappa shape index (κ3) is 4.05. The van der Waals surface area contributed by atoms with E-state index in [9.17, 15) is 4.79 Å².